The summed E-state index contributed by atoms with van der Waals surface area (Å²) >= 11 is 7.58. The molecule has 0 spiro atoms. The maximum atomic E-state index is 12.8. The highest BCUT2D eigenvalue weighted by Crippen LogP contribution is 2.26. The van der Waals surface area contributed by atoms with Crippen LogP contribution in [-0.2, 0) is 11.3 Å². The number of rotatable bonds is 8. The van der Waals surface area contributed by atoms with E-state index in [2.05, 4.69) is 46.3 Å². The zero-order valence-corrected chi connectivity index (χ0v) is 20.3. The summed E-state index contributed by atoms with van der Waals surface area (Å²) in [6.45, 7) is 6.96. The molecular formula is C25H28ClN5OS. The third-order valence-electron chi connectivity index (χ3n) is 5.64. The first-order valence-corrected chi connectivity index (χ1v) is 12.5. The highest BCUT2D eigenvalue weighted by molar-refractivity contribution is 7.99. The number of hydrogen-bond acceptors (Lipinski definition) is 5. The summed E-state index contributed by atoms with van der Waals surface area (Å²) in [6, 6.07) is 17.9. The van der Waals surface area contributed by atoms with Gasteiger partial charge in [-0.3, -0.25) is 9.69 Å². The Morgan fingerprint density at radius 2 is 1.85 bits per heavy atom. The van der Waals surface area contributed by atoms with Crippen molar-refractivity contribution in [2.45, 2.75) is 18.6 Å². The number of carbonyl (C=O) groups is 1. The first-order chi connectivity index (χ1) is 16.1. The summed E-state index contributed by atoms with van der Waals surface area (Å²) in [7, 11) is 0. The predicted octanol–water partition coefficient (Wildman–Crippen LogP) is 4.57. The van der Waals surface area contributed by atoms with Crippen molar-refractivity contribution in [1.82, 2.24) is 24.6 Å². The summed E-state index contributed by atoms with van der Waals surface area (Å²) < 4.78 is 2.03. The van der Waals surface area contributed by atoms with Crippen molar-refractivity contribution < 1.29 is 4.79 Å². The summed E-state index contributed by atoms with van der Waals surface area (Å²) in [5.41, 5.74) is 2.13. The fourth-order valence-electron chi connectivity index (χ4n) is 3.82. The lowest BCUT2D eigenvalue weighted by molar-refractivity contribution is -0.130. The molecule has 1 aromatic heterocycles. The van der Waals surface area contributed by atoms with Gasteiger partial charge in [0.25, 0.3) is 0 Å². The Balaban J connectivity index is 1.26. The second-order valence-electron chi connectivity index (χ2n) is 7.84. The Hall–Kier alpha value is -2.61. The van der Waals surface area contributed by atoms with Crippen LogP contribution in [0.1, 0.15) is 12.5 Å². The molecule has 0 aliphatic carbocycles. The number of hydrogen-bond donors (Lipinski definition) is 0. The van der Waals surface area contributed by atoms with Crippen LogP contribution in [-0.4, -0.2) is 68.9 Å². The molecule has 33 heavy (non-hydrogen) atoms. The minimum absolute atomic E-state index is 0.148. The maximum Gasteiger partial charge on any atom is 0.233 e. The molecule has 1 saturated heterocycles. The molecular weight excluding hydrogens is 454 g/mol. The van der Waals surface area contributed by atoms with E-state index in [1.807, 2.05) is 51.9 Å². The number of amides is 1. The Bertz CT molecular complexity index is 1090. The lowest BCUT2D eigenvalue weighted by Gasteiger charge is -2.34. The smallest absolute Gasteiger partial charge is 0.233 e. The Morgan fingerprint density at radius 3 is 2.58 bits per heavy atom. The second kappa shape index (κ2) is 11.5. The van der Waals surface area contributed by atoms with Gasteiger partial charge >= 0.3 is 0 Å². The van der Waals surface area contributed by atoms with E-state index in [1.165, 1.54) is 17.3 Å². The van der Waals surface area contributed by atoms with Crippen LogP contribution in [0.4, 0.5) is 0 Å². The molecule has 1 aliphatic rings. The van der Waals surface area contributed by atoms with Gasteiger partial charge in [0, 0.05) is 49.9 Å². The van der Waals surface area contributed by atoms with Gasteiger partial charge < -0.3 is 9.47 Å². The zero-order valence-electron chi connectivity index (χ0n) is 18.7. The van der Waals surface area contributed by atoms with Gasteiger partial charge in [-0.1, -0.05) is 78.0 Å². The molecule has 172 valence electrons. The van der Waals surface area contributed by atoms with Crippen molar-refractivity contribution in [3.63, 3.8) is 0 Å². The lowest BCUT2D eigenvalue weighted by Crippen LogP contribution is -2.49. The molecule has 6 nitrogen and oxygen atoms in total. The van der Waals surface area contributed by atoms with E-state index in [0.717, 1.165) is 55.8 Å². The Morgan fingerprint density at radius 1 is 1.06 bits per heavy atom. The van der Waals surface area contributed by atoms with Crippen molar-refractivity contribution in [3.8, 4) is 11.4 Å². The molecule has 2 heterocycles. The molecule has 3 aromatic rings. The van der Waals surface area contributed by atoms with Crippen LogP contribution in [0.15, 0.2) is 65.8 Å². The van der Waals surface area contributed by atoms with Crippen molar-refractivity contribution in [2.75, 3.05) is 38.5 Å². The molecule has 0 saturated carbocycles. The van der Waals surface area contributed by atoms with Gasteiger partial charge in [0.05, 0.1) is 5.75 Å². The topological polar surface area (TPSA) is 54.3 Å². The summed E-state index contributed by atoms with van der Waals surface area (Å²) in [5.74, 6) is 1.28. The molecule has 4 rings (SSSR count). The average Bonchev–Trinajstić information content (AvgIpc) is 3.26. The van der Waals surface area contributed by atoms with Crippen LogP contribution in [0.3, 0.4) is 0 Å². The highest BCUT2D eigenvalue weighted by atomic mass is 35.5. The zero-order chi connectivity index (χ0) is 23.0. The van der Waals surface area contributed by atoms with E-state index < -0.39 is 0 Å². The molecule has 0 radical (unpaired) electrons. The fourth-order valence-corrected chi connectivity index (χ4v) is 4.92. The quantitative estimate of drug-likeness (QED) is 0.441. The lowest BCUT2D eigenvalue weighted by atomic mass is 10.2. The van der Waals surface area contributed by atoms with Crippen molar-refractivity contribution in [3.05, 3.63) is 71.3 Å². The minimum Gasteiger partial charge on any atom is -0.339 e. The molecule has 1 amide bonds. The van der Waals surface area contributed by atoms with E-state index in [-0.39, 0.29) is 5.91 Å². The maximum absolute atomic E-state index is 12.8. The van der Waals surface area contributed by atoms with Crippen molar-refractivity contribution in [1.29, 1.82) is 0 Å². The third kappa shape index (κ3) is 6.25. The largest absolute Gasteiger partial charge is 0.339 e. The molecule has 0 unspecified atom stereocenters. The Kier molecular flexibility index (Phi) is 8.20. The molecule has 8 heteroatoms. The predicted molar refractivity (Wildman–Crippen MR) is 135 cm³/mol. The number of thioether (sulfide) groups is 1. The summed E-state index contributed by atoms with van der Waals surface area (Å²) in [6.07, 6.45) is 4.34. The van der Waals surface area contributed by atoms with Crippen molar-refractivity contribution in [2.24, 2.45) is 0 Å². The minimum atomic E-state index is 0.148. The SMILES string of the molecule is CCn1c(SCC(=O)N2CCN(C/C=C/c3ccccc3)CC2)nnc1-c1cccc(Cl)c1. The van der Waals surface area contributed by atoms with Crippen molar-refractivity contribution >= 4 is 35.3 Å². The molecule has 0 atom stereocenters. The summed E-state index contributed by atoms with van der Waals surface area (Å²) in [5, 5.41) is 10.1. The summed E-state index contributed by atoms with van der Waals surface area (Å²) in [4.78, 5) is 17.1. The fraction of sp³-hybridized carbons (Fsp3) is 0.320. The number of halogens is 1. The van der Waals surface area contributed by atoms with Crippen LogP contribution in [0, 0.1) is 0 Å². The number of carbonyl (C=O) groups excluding carboxylic acids is 1. The van der Waals surface area contributed by atoms with Gasteiger partial charge in [-0.25, -0.2) is 0 Å². The van der Waals surface area contributed by atoms with E-state index >= 15 is 0 Å². The molecule has 1 aliphatic heterocycles. The average molecular weight is 482 g/mol. The number of nitrogens with zero attached hydrogens (tertiary/aromatic N) is 5. The Labute approximate surface area is 204 Å². The second-order valence-corrected chi connectivity index (χ2v) is 9.22. The monoisotopic (exact) mass is 481 g/mol. The molecule has 1 fully saturated rings. The van der Waals surface area contributed by atoms with Crippen LogP contribution in [0.5, 0.6) is 0 Å². The van der Waals surface area contributed by atoms with E-state index in [9.17, 15) is 4.79 Å². The van der Waals surface area contributed by atoms with Crippen LogP contribution < -0.4 is 0 Å². The van der Waals surface area contributed by atoms with Gasteiger partial charge in [-0.2, -0.15) is 0 Å². The van der Waals surface area contributed by atoms with E-state index in [1.54, 1.807) is 0 Å². The number of piperazine rings is 1. The first-order valence-electron chi connectivity index (χ1n) is 11.2. The van der Waals surface area contributed by atoms with Gasteiger partial charge in [0.2, 0.25) is 5.91 Å². The van der Waals surface area contributed by atoms with Crippen LogP contribution in [0.25, 0.3) is 17.5 Å². The van der Waals surface area contributed by atoms with Crippen LogP contribution in [0.2, 0.25) is 5.02 Å². The molecule has 2 aromatic carbocycles. The van der Waals surface area contributed by atoms with Gasteiger partial charge in [0.1, 0.15) is 0 Å². The van der Waals surface area contributed by atoms with Gasteiger partial charge in [0.15, 0.2) is 11.0 Å². The van der Waals surface area contributed by atoms with E-state index in [4.69, 9.17) is 11.6 Å². The van der Waals surface area contributed by atoms with E-state index in [0.29, 0.717) is 10.8 Å². The standard InChI is InChI=1S/C25H28ClN5OS/c1-2-31-24(21-11-6-12-22(26)18-21)27-28-25(31)33-19-23(32)30-16-14-29(15-17-30)13-7-10-20-8-4-3-5-9-20/h3-12,18H,2,13-17,19H2,1H3/b10-7+. The number of benzene rings is 2. The normalized spacial score (nSPS) is 14.8. The van der Waals surface area contributed by atoms with Gasteiger partial charge in [-0.15, -0.1) is 10.2 Å². The van der Waals surface area contributed by atoms with Crippen LogP contribution >= 0.6 is 23.4 Å². The number of aromatic nitrogens is 3. The third-order valence-corrected chi connectivity index (χ3v) is 6.83. The molecule has 0 bridgehead atoms. The first kappa shape index (κ1) is 23.5. The molecule has 0 N–H and O–H groups in total. The highest BCUT2D eigenvalue weighted by Gasteiger charge is 2.22. The van der Waals surface area contributed by atoms with Gasteiger partial charge in [-0.05, 0) is 24.6 Å².